The number of nitro benzene ring substituents is 1. The molecule has 0 saturated carbocycles. The van der Waals surface area contributed by atoms with E-state index in [1.54, 1.807) is 12.1 Å². The second-order valence-electron chi connectivity index (χ2n) is 6.72. The smallest absolute Gasteiger partial charge is 0.277 e. The SMILES string of the molecule is C[Si](C)Oc1c(-c2ccccc2[N+](=O)[O-])cccc1C(C)(C)C. The molecule has 0 aliphatic heterocycles. The maximum atomic E-state index is 11.4. The van der Waals surface area contributed by atoms with E-state index in [0.717, 1.165) is 16.9 Å². The van der Waals surface area contributed by atoms with E-state index < -0.39 is 9.04 Å². The maximum absolute atomic E-state index is 11.4. The predicted octanol–water partition coefficient (Wildman–Crippen LogP) is 5.19. The highest BCUT2D eigenvalue weighted by molar-refractivity contribution is 6.49. The van der Waals surface area contributed by atoms with Gasteiger partial charge in [0.1, 0.15) is 5.75 Å². The minimum Gasteiger partial charge on any atom is -0.542 e. The molecule has 0 saturated heterocycles. The summed E-state index contributed by atoms with van der Waals surface area (Å²) in [5.41, 5.74) is 2.45. The average Bonchev–Trinajstić information content (AvgIpc) is 2.45. The molecule has 0 N–H and O–H groups in total. The van der Waals surface area contributed by atoms with E-state index >= 15 is 0 Å². The molecule has 0 spiro atoms. The highest BCUT2D eigenvalue weighted by Crippen LogP contribution is 2.42. The molecule has 0 fully saturated rings. The molecule has 2 aromatic rings. The van der Waals surface area contributed by atoms with E-state index in [1.807, 2.05) is 24.3 Å². The second kappa shape index (κ2) is 6.54. The molecule has 121 valence electrons. The lowest BCUT2D eigenvalue weighted by Crippen LogP contribution is -2.19. The van der Waals surface area contributed by atoms with E-state index in [9.17, 15) is 10.1 Å². The molecule has 0 unspecified atom stereocenters. The van der Waals surface area contributed by atoms with Crippen molar-refractivity contribution < 1.29 is 9.35 Å². The maximum Gasteiger partial charge on any atom is 0.277 e. The van der Waals surface area contributed by atoms with Gasteiger partial charge in [-0.3, -0.25) is 10.1 Å². The van der Waals surface area contributed by atoms with Crippen LogP contribution in [0.15, 0.2) is 42.5 Å². The van der Waals surface area contributed by atoms with Gasteiger partial charge in [-0.1, -0.05) is 51.1 Å². The van der Waals surface area contributed by atoms with Gasteiger partial charge in [0, 0.05) is 11.6 Å². The van der Waals surface area contributed by atoms with Crippen LogP contribution in [0.5, 0.6) is 5.75 Å². The van der Waals surface area contributed by atoms with Crippen LogP contribution in [0.1, 0.15) is 26.3 Å². The van der Waals surface area contributed by atoms with Crippen molar-refractivity contribution in [3.63, 3.8) is 0 Å². The quantitative estimate of drug-likeness (QED) is 0.441. The summed E-state index contributed by atoms with van der Waals surface area (Å²) in [5.74, 6) is 0.771. The zero-order valence-corrected chi connectivity index (χ0v) is 15.2. The van der Waals surface area contributed by atoms with Crippen LogP contribution >= 0.6 is 0 Å². The Morgan fingerprint density at radius 2 is 1.61 bits per heavy atom. The Morgan fingerprint density at radius 3 is 2.17 bits per heavy atom. The van der Waals surface area contributed by atoms with Crippen molar-refractivity contribution in [2.24, 2.45) is 0 Å². The summed E-state index contributed by atoms with van der Waals surface area (Å²) in [6.45, 7) is 10.5. The van der Waals surface area contributed by atoms with Crippen molar-refractivity contribution in [3.05, 3.63) is 58.1 Å². The molecular formula is C18H22NO3Si. The Bertz CT molecular complexity index is 720. The number of hydrogen-bond donors (Lipinski definition) is 0. The van der Waals surface area contributed by atoms with Crippen molar-refractivity contribution in [1.29, 1.82) is 0 Å². The van der Waals surface area contributed by atoms with Gasteiger partial charge in [0.05, 0.1) is 10.5 Å². The lowest BCUT2D eigenvalue weighted by atomic mass is 9.84. The zero-order valence-electron chi connectivity index (χ0n) is 14.2. The Kier molecular flexibility index (Phi) is 4.90. The second-order valence-corrected chi connectivity index (χ2v) is 8.74. The number of hydrogen-bond acceptors (Lipinski definition) is 3. The largest absolute Gasteiger partial charge is 0.542 e. The minimum absolute atomic E-state index is 0.101. The van der Waals surface area contributed by atoms with E-state index in [2.05, 4.69) is 33.9 Å². The zero-order chi connectivity index (χ0) is 17.2. The van der Waals surface area contributed by atoms with Crippen LogP contribution in [0, 0.1) is 10.1 Å². The highest BCUT2D eigenvalue weighted by Gasteiger charge is 2.25. The predicted molar refractivity (Wildman–Crippen MR) is 95.3 cm³/mol. The van der Waals surface area contributed by atoms with Crippen LogP contribution in [0.3, 0.4) is 0 Å². The van der Waals surface area contributed by atoms with Gasteiger partial charge in [-0.2, -0.15) is 0 Å². The van der Waals surface area contributed by atoms with Gasteiger partial charge in [-0.05, 0) is 30.1 Å². The van der Waals surface area contributed by atoms with Crippen LogP contribution in [0.4, 0.5) is 5.69 Å². The molecule has 2 aromatic carbocycles. The molecule has 0 atom stereocenters. The molecule has 0 aliphatic carbocycles. The fraction of sp³-hybridized carbons (Fsp3) is 0.333. The standard InChI is InChI=1S/C18H22NO3Si/c1-18(2,3)15-11-8-10-14(17(15)22-23(4)5)13-9-6-7-12-16(13)19(20)21/h6-12H,1-5H3. The molecule has 4 nitrogen and oxygen atoms in total. The Morgan fingerprint density at radius 1 is 1.00 bits per heavy atom. The van der Waals surface area contributed by atoms with Crippen molar-refractivity contribution in [1.82, 2.24) is 0 Å². The van der Waals surface area contributed by atoms with Gasteiger partial charge >= 0.3 is 0 Å². The summed E-state index contributed by atoms with van der Waals surface area (Å²) in [4.78, 5) is 11.0. The lowest BCUT2D eigenvalue weighted by molar-refractivity contribution is -0.384. The first-order valence-electron chi connectivity index (χ1n) is 7.57. The van der Waals surface area contributed by atoms with Crippen LogP contribution in [0.25, 0.3) is 11.1 Å². The molecule has 2 rings (SSSR count). The molecule has 0 heterocycles. The van der Waals surface area contributed by atoms with Crippen molar-refractivity contribution in [3.8, 4) is 16.9 Å². The first kappa shape index (κ1) is 17.2. The minimum atomic E-state index is -1.00. The van der Waals surface area contributed by atoms with E-state index in [4.69, 9.17) is 4.43 Å². The Hall–Kier alpha value is -2.14. The number of benzene rings is 2. The van der Waals surface area contributed by atoms with Crippen molar-refractivity contribution in [2.75, 3.05) is 0 Å². The van der Waals surface area contributed by atoms with Gasteiger partial charge in [0.15, 0.2) is 0 Å². The molecular weight excluding hydrogens is 306 g/mol. The Balaban J connectivity index is 2.75. The van der Waals surface area contributed by atoms with Crippen LogP contribution in [-0.4, -0.2) is 14.0 Å². The van der Waals surface area contributed by atoms with E-state index in [1.165, 1.54) is 6.07 Å². The summed E-state index contributed by atoms with van der Waals surface area (Å²) in [5, 5.41) is 11.4. The third kappa shape index (κ3) is 3.79. The molecule has 5 heteroatoms. The van der Waals surface area contributed by atoms with Crippen LogP contribution in [-0.2, 0) is 5.41 Å². The fourth-order valence-corrected chi connectivity index (χ4v) is 3.14. The summed E-state index contributed by atoms with van der Waals surface area (Å²) in [6.07, 6.45) is 0. The topological polar surface area (TPSA) is 52.4 Å². The van der Waals surface area contributed by atoms with Gasteiger partial charge in [-0.15, -0.1) is 0 Å². The molecule has 0 aliphatic rings. The van der Waals surface area contributed by atoms with E-state index in [0.29, 0.717) is 5.56 Å². The monoisotopic (exact) mass is 328 g/mol. The average molecular weight is 328 g/mol. The molecule has 0 amide bonds. The van der Waals surface area contributed by atoms with Crippen LogP contribution < -0.4 is 4.43 Å². The normalized spacial score (nSPS) is 11.6. The van der Waals surface area contributed by atoms with Gasteiger partial charge in [0.25, 0.3) is 14.7 Å². The van der Waals surface area contributed by atoms with Gasteiger partial charge in [0.2, 0.25) is 0 Å². The number of nitrogens with zero attached hydrogens (tertiary/aromatic N) is 1. The summed E-state index contributed by atoms with van der Waals surface area (Å²) in [7, 11) is -1.00. The van der Waals surface area contributed by atoms with Crippen LogP contribution in [0.2, 0.25) is 13.1 Å². The molecule has 23 heavy (non-hydrogen) atoms. The molecule has 0 aromatic heterocycles. The van der Waals surface area contributed by atoms with Crippen molar-refractivity contribution >= 4 is 14.7 Å². The first-order valence-corrected chi connectivity index (χ1v) is 9.98. The fourth-order valence-electron chi connectivity index (χ4n) is 2.51. The first-order chi connectivity index (χ1) is 10.7. The van der Waals surface area contributed by atoms with Crippen molar-refractivity contribution in [2.45, 2.75) is 39.3 Å². The van der Waals surface area contributed by atoms with E-state index in [-0.39, 0.29) is 16.0 Å². The van der Waals surface area contributed by atoms with Gasteiger partial charge < -0.3 is 4.43 Å². The molecule has 0 bridgehead atoms. The summed E-state index contributed by atoms with van der Waals surface area (Å²) < 4.78 is 6.17. The highest BCUT2D eigenvalue weighted by atomic mass is 28.3. The van der Waals surface area contributed by atoms with Gasteiger partial charge in [-0.25, -0.2) is 0 Å². The Labute approximate surface area is 139 Å². The number of rotatable bonds is 4. The lowest BCUT2D eigenvalue weighted by Gasteiger charge is -2.26. The number of para-hydroxylation sites is 2. The molecule has 1 radical (unpaired) electrons. The summed E-state index contributed by atoms with van der Waals surface area (Å²) in [6, 6.07) is 12.7. The number of nitro groups is 1. The third-order valence-corrected chi connectivity index (χ3v) is 4.13. The summed E-state index contributed by atoms with van der Waals surface area (Å²) >= 11 is 0. The third-order valence-electron chi connectivity index (χ3n) is 3.52.